The molecular formula is C22H29F3N6O4. The highest BCUT2D eigenvalue weighted by Gasteiger charge is 2.47. The van der Waals surface area contributed by atoms with Crippen LogP contribution in [0.3, 0.4) is 0 Å². The zero-order valence-electron chi connectivity index (χ0n) is 19.8. The van der Waals surface area contributed by atoms with Crippen LogP contribution in [0.1, 0.15) is 27.2 Å². The van der Waals surface area contributed by atoms with Crippen LogP contribution in [0.4, 0.5) is 24.9 Å². The van der Waals surface area contributed by atoms with E-state index < -0.39 is 30.2 Å². The molecule has 4 heterocycles. The molecule has 0 saturated carbocycles. The lowest BCUT2D eigenvalue weighted by atomic mass is 10.1. The molecule has 2 aromatic rings. The molecular weight excluding hydrogens is 469 g/mol. The fourth-order valence-corrected chi connectivity index (χ4v) is 3.85. The van der Waals surface area contributed by atoms with Crippen molar-refractivity contribution in [1.29, 1.82) is 0 Å². The second-order valence-electron chi connectivity index (χ2n) is 8.72. The summed E-state index contributed by atoms with van der Waals surface area (Å²) < 4.78 is 47.6. The first kappa shape index (κ1) is 26.4. The van der Waals surface area contributed by atoms with Crippen molar-refractivity contribution in [2.75, 3.05) is 36.1 Å². The number of morpholine rings is 1. The van der Waals surface area contributed by atoms with Gasteiger partial charge in [0.1, 0.15) is 11.9 Å². The van der Waals surface area contributed by atoms with Crippen LogP contribution >= 0.6 is 0 Å². The van der Waals surface area contributed by atoms with E-state index in [-0.39, 0.29) is 36.3 Å². The number of carbonyl (C=O) groups is 1. The van der Waals surface area contributed by atoms with E-state index in [1.54, 1.807) is 13.8 Å². The summed E-state index contributed by atoms with van der Waals surface area (Å²) in [5, 5.41) is 0. The smallest absolute Gasteiger partial charge is 0.377 e. The summed E-state index contributed by atoms with van der Waals surface area (Å²) in [6, 6.07) is 0.803. The maximum absolute atomic E-state index is 13.7. The van der Waals surface area contributed by atoms with Crippen LogP contribution in [-0.4, -0.2) is 69.9 Å². The van der Waals surface area contributed by atoms with E-state index in [1.165, 1.54) is 29.2 Å². The third kappa shape index (κ3) is 6.47. The first-order chi connectivity index (χ1) is 16.5. The molecule has 0 spiro atoms. The monoisotopic (exact) mass is 498 g/mol. The molecule has 4 rings (SSSR count). The number of aromatic nitrogens is 4. The van der Waals surface area contributed by atoms with Gasteiger partial charge in [-0.1, -0.05) is 13.8 Å². The van der Waals surface area contributed by atoms with E-state index in [2.05, 4.69) is 15.0 Å². The standard InChI is InChI=1S/C18H25F3N4O3.C4H4N2O/c1-11(2)13(26)9-25-14(18(19,20)21)4-5-24-16(27)8-15(22-17(24)25)23-6-7-28-10-12(23)3;7-4-1-2-5-3-6-4/h8,11-12,14H,4-7,9-10H2,1-3H3;1-3H,(H,5,6,7)/t12-,14+;/m1./s1. The zero-order valence-corrected chi connectivity index (χ0v) is 19.8. The third-order valence-electron chi connectivity index (χ3n) is 5.84. The van der Waals surface area contributed by atoms with Crippen molar-refractivity contribution in [1.82, 2.24) is 19.5 Å². The van der Waals surface area contributed by atoms with Crippen molar-refractivity contribution >= 4 is 17.5 Å². The van der Waals surface area contributed by atoms with Crippen molar-refractivity contribution < 1.29 is 22.7 Å². The van der Waals surface area contributed by atoms with Crippen molar-refractivity contribution in [3.8, 4) is 0 Å². The molecule has 2 atom stereocenters. The van der Waals surface area contributed by atoms with Gasteiger partial charge < -0.3 is 19.5 Å². The number of hydrogen-bond acceptors (Lipinski definition) is 8. The molecule has 1 saturated heterocycles. The summed E-state index contributed by atoms with van der Waals surface area (Å²) in [6.45, 7) is 6.04. The summed E-state index contributed by atoms with van der Waals surface area (Å²) in [7, 11) is 0. The third-order valence-corrected chi connectivity index (χ3v) is 5.84. The minimum atomic E-state index is -4.53. The van der Waals surface area contributed by atoms with Gasteiger partial charge in [-0.05, 0) is 13.3 Å². The highest BCUT2D eigenvalue weighted by molar-refractivity contribution is 5.85. The molecule has 10 nitrogen and oxygen atoms in total. The van der Waals surface area contributed by atoms with Crippen LogP contribution in [0, 0.1) is 5.92 Å². The molecule has 0 bridgehead atoms. The number of hydrogen-bond donors (Lipinski definition) is 1. The Hall–Kier alpha value is -3.22. The predicted molar refractivity (Wildman–Crippen MR) is 123 cm³/mol. The van der Waals surface area contributed by atoms with Gasteiger partial charge in [-0.15, -0.1) is 0 Å². The molecule has 0 radical (unpaired) electrons. The average molecular weight is 499 g/mol. The molecule has 13 heteroatoms. The fourth-order valence-electron chi connectivity index (χ4n) is 3.85. The summed E-state index contributed by atoms with van der Waals surface area (Å²) >= 11 is 0. The van der Waals surface area contributed by atoms with E-state index in [0.717, 1.165) is 4.90 Å². The van der Waals surface area contributed by atoms with Crippen molar-refractivity contribution in [2.24, 2.45) is 5.92 Å². The molecule has 192 valence electrons. The average Bonchev–Trinajstić information content (AvgIpc) is 2.79. The number of nitrogens with zero attached hydrogens (tertiary/aromatic N) is 5. The fraction of sp³-hybridized carbons (Fsp3) is 0.591. The lowest BCUT2D eigenvalue weighted by Gasteiger charge is -2.40. The number of ketones is 1. The van der Waals surface area contributed by atoms with E-state index in [9.17, 15) is 27.6 Å². The minimum absolute atomic E-state index is 0.0588. The van der Waals surface area contributed by atoms with E-state index in [4.69, 9.17) is 4.74 Å². The minimum Gasteiger partial charge on any atom is -0.377 e. The number of ether oxygens (including phenoxy) is 1. The maximum Gasteiger partial charge on any atom is 0.408 e. The number of anilines is 2. The molecule has 0 aromatic carbocycles. The Labute approximate surface area is 199 Å². The number of Topliss-reactive ketones (excluding diaryl/α,β-unsaturated/α-hetero) is 1. The van der Waals surface area contributed by atoms with Crippen LogP contribution in [0.2, 0.25) is 0 Å². The van der Waals surface area contributed by atoms with E-state index >= 15 is 0 Å². The second-order valence-corrected chi connectivity index (χ2v) is 8.72. The van der Waals surface area contributed by atoms with Gasteiger partial charge in [-0.25, -0.2) is 4.98 Å². The first-order valence-corrected chi connectivity index (χ1v) is 11.3. The Bertz CT molecular complexity index is 1120. The Morgan fingerprint density at radius 1 is 1.29 bits per heavy atom. The Morgan fingerprint density at radius 3 is 2.57 bits per heavy atom. The SMILES string of the molecule is CC(C)C(=O)CN1c2nc(N3CCOC[C@H]3C)cc(=O)n2CC[C@H]1C(F)(F)F.O=c1ccnc[nH]1. The molecule has 1 fully saturated rings. The highest BCUT2D eigenvalue weighted by Crippen LogP contribution is 2.34. The second kappa shape index (κ2) is 11.0. The zero-order chi connectivity index (χ0) is 25.8. The lowest BCUT2D eigenvalue weighted by molar-refractivity contribution is -0.153. The topological polar surface area (TPSA) is 113 Å². The number of nitrogens with one attached hydrogen (secondary N) is 1. The van der Waals surface area contributed by atoms with Gasteiger partial charge in [0.25, 0.3) is 11.1 Å². The summed E-state index contributed by atoms with van der Waals surface area (Å²) in [6.07, 6.45) is -2.03. The number of carbonyl (C=O) groups excluding carboxylic acids is 1. The van der Waals surface area contributed by atoms with Gasteiger partial charge in [0.05, 0.1) is 32.1 Å². The first-order valence-electron chi connectivity index (χ1n) is 11.3. The Balaban J connectivity index is 0.000000420. The molecule has 1 N–H and O–H groups in total. The van der Waals surface area contributed by atoms with E-state index in [0.29, 0.717) is 25.6 Å². The largest absolute Gasteiger partial charge is 0.408 e. The lowest BCUT2D eigenvalue weighted by Crippen LogP contribution is -2.54. The number of alkyl halides is 3. The maximum atomic E-state index is 13.7. The van der Waals surface area contributed by atoms with Gasteiger partial charge in [-0.3, -0.25) is 19.0 Å². The quantitative estimate of drug-likeness (QED) is 0.677. The van der Waals surface area contributed by atoms with Crippen LogP contribution in [0.15, 0.2) is 34.2 Å². The number of H-pyrrole nitrogens is 1. The van der Waals surface area contributed by atoms with Crippen molar-refractivity contribution in [3.63, 3.8) is 0 Å². The van der Waals surface area contributed by atoms with Gasteiger partial charge in [0.2, 0.25) is 5.95 Å². The number of fused-ring (bicyclic) bond motifs is 1. The number of rotatable bonds is 4. The van der Waals surface area contributed by atoms with Gasteiger partial charge in [-0.2, -0.15) is 18.2 Å². The molecule has 0 amide bonds. The Morgan fingerprint density at radius 2 is 2.03 bits per heavy atom. The summed E-state index contributed by atoms with van der Waals surface area (Å²) in [4.78, 5) is 48.2. The molecule has 0 aliphatic carbocycles. The number of halogens is 3. The molecule has 2 aliphatic rings. The molecule has 0 unspecified atom stereocenters. The van der Waals surface area contributed by atoms with Crippen LogP contribution in [-0.2, 0) is 16.1 Å². The summed E-state index contributed by atoms with van der Waals surface area (Å²) in [5.74, 6) is -0.527. The normalized spacial score (nSPS) is 20.2. The Kier molecular flexibility index (Phi) is 8.30. The van der Waals surface area contributed by atoms with E-state index in [1.807, 2.05) is 11.8 Å². The molecule has 2 aliphatic heterocycles. The van der Waals surface area contributed by atoms with Crippen molar-refractivity contribution in [2.45, 2.75) is 52.0 Å². The molecule has 35 heavy (non-hydrogen) atoms. The number of aromatic amines is 1. The van der Waals surface area contributed by atoms with Crippen LogP contribution in [0.5, 0.6) is 0 Å². The predicted octanol–water partition coefficient (Wildman–Crippen LogP) is 1.60. The molecule has 2 aromatic heterocycles. The van der Waals surface area contributed by atoms with Gasteiger partial charge in [0.15, 0.2) is 5.78 Å². The summed E-state index contributed by atoms with van der Waals surface area (Å²) in [5.41, 5.74) is -0.531. The van der Waals surface area contributed by atoms with Gasteiger partial charge in [0, 0.05) is 37.3 Å². The van der Waals surface area contributed by atoms with Crippen LogP contribution < -0.4 is 20.9 Å². The van der Waals surface area contributed by atoms with Crippen molar-refractivity contribution in [3.05, 3.63) is 45.4 Å². The van der Waals surface area contributed by atoms with Crippen LogP contribution in [0.25, 0.3) is 0 Å². The highest BCUT2D eigenvalue weighted by atomic mass is 19.4. The van der Waals surface area contributed by atoms with Gasteiger partial charge >= 0.3 is 6.18 Å².